The minimum atomic E-state index is 0.542. The first-order valence-corrected chi connectivity index (χ1v) is 10.2. The molecule has 0 atom stereocenters. The van der Waals surface area contributed by atoms with Gasteiger partial charge in [-0.1, -0.05) is 60.8 Å². The molecule has 0 amide bonds. The van der Waals surface area contributed by atoms with Crippen molar-refractivity contribution in [2.24, 2.45) is 0 Å². The maximum Gasteiger partial charge on any atom is 0.257 e. The van der Waals surface area contributed by atoms with Crippen LogP contribution in [0, 0.1) is 0 Å². The van der Waals surface area contributed by atoms with E-state index in [9.17, 15) is 0 Å². The van der Waals surface area contributed by atoms with Gasteiger partial charge in [0.05, 0.1) is 6.54 Å². The second kappa shape index (κ2) is 9.02. The lowest BCUT2D eigenvalue weighted by atomic mass is 9.94. The summed E-state index contributed by atoms with van der Waals surface area (Å²) in [6, 6.07) is 19.1. The highest BCUT2D eigenvalue weighted by atomic mass is 16.5. The summed E-state index contributed by atoms with van der Waals surface area (Å²) in [5.41, 5.74) is 3.38. The lowest BCUT2D eigenvalue weighted by Crippen LogP contribution is -2.33. The van der Waals surface area contributed by atoms with Crippen LogP contribution in [0.1, 0.15) is 43.5 Å². The van der Waals surface area contributed by atoms with E-state index in [0.29, 0.717) is 24.3 Å². The number of hydrogen-bond donors (Lipinski definition) is 1. The smallest absolute Gasteiger partial charge is 0.257 e. The number of nitrogens with zero attached hydrogens (tertiary/aromatic N) is 3. The Balaban J connectivity index is 1.39. The Labute approximate surface area is 166 Å². The van der Waals surface area contributed by atoms with E-state index in [1.807, 2.05) is 30.3 Å². The molecule has 1 N–H and O–H groups in total. The molecule has 146 valence electrons. The first-order valence-electron chi connectivity index (χ1n) is 10.2. The van der Waals surface area contributed by atoms with E-state index in [0.717, 1.165) is 17.8 Å². The fourth-order valence-corrected chi connectivity index (χ4v) is 3.95. The lowest BCUT2D eigenvalue weighted by Gasteiger charge is -2.31. The van der Waals surface area contributed by atoms with Gasteiger partial charge in [-0.15, -0.1) is 0 Å². The molecule has 0 bridgehead atoms. The van der Waals surface area contributed by atoms with Crippen molar-refractivity contribution in [3.63, 3.8) is 0 Å². The van der Waals surface area contributed by atoms with Crippen LogP contribution in [0.3, 0.4) is 0 Å². The molecule has 28 heavy (non-hydrogen) atoms. The summed E-state index contributed by atoms with van der Waals surface area (Å²) in [7, 11) is 2.25. The molecule has 0 radical (unpaired) electrons. The van der Waals surface area contributed by atoms with Gasteiger partial charge in [-0.05, 0) is 43.7 Å². The third-order valence-corrected chi connectivity index (χ3v) is 5.56. The minimum absolute atomic E-state index is 0.542. The Hall–Kier alpha value is -2.66. The van der Waals surface area contributed by atoms with E-state index >= 15 is 0 Å². The fraction of sp³-hybridized carbons (Fsp3) is 0.391. The van der Waals surface area contributed by atoms with Gasteiger partial charge in [-0.25, -0.2) is 0 Å². The second-order valence-corrected chi connectivity index (χ2v) is 7.60. The van der Waals surface area contributed by atoms with Gasteiger partial charge in [0.1, 0.15) is 0 Å². The third-order valence-electron chi connectivity index (χ3n) is 5.56. The van der Waals surface area contributed by atoms with E-state index < -0.39 is 0 Å². The molecule has 1 aliphatic rings. The van der Waals surface area contributed by atoms with Crippen LogP contribution in [-0.2, 0) is 13.1 Å². The maximum atomic E-state index is 5.40. The van der Waals surface area contributed by atoms with E-state index in [2.05, 4.69) is 51.7 Å². The molecule has 0 saturated heterocycles. The average molecular weight is 377 g/mol. The number of aromatic nitrogens is 2. The van der Waals surface area contributed by atoms with E-state index in [1.54, 1.807) is 0 Å². The van der Waals surface area contributed by atoms with Crippen LogP contribution in [-0.4, -0.2) is 28.1 Å². The zero-order valence-corrected chi connectivity index (χ0v) is 16.5. The molecule has 5 nitrogen and oxygen atoms in total. The normalized spacial score (nSPS) is 15.1. The number of rotatable bonds is 7. The Morgan fingerprint density at radius 3 is 2.57 bits per heavy atom. The molecule has 0 unspecified atom stereocenters. The summed E-state index contributed by atoms with van der Waals surface area (Å²) in [5.74, 6) is 1.22. The number of nitrogens with one attached hydrogen (secondary N) is 1. The number of benzene rings is 2. The van der Waals surface area contributed by atoms with Gasteiger partial charge in [-0.2, -0.15) is 4.98 Å². The minimum Gasteiger partial charge on any atom is -0.377 e. The molecule has 2 aromatic carbocycles. The summed E-state index contributed by atoms with van der Waals surface area (Å²) in [5, 5.41) is 7.60. The van der Waals surface area contributed by atoms with E-state index in [4.69, 9.17) is 4.52 Å². The molecular weight excluding hydrogens is 348 g/mol. The Morgan fingerprint density at radius 1 is 1.00 bits per heavy atom. The number of anilines is 1. The van der Waals surface area contributed by atoms with Crippen LogP contribution in [0.2, 0.25) is 0 Å². The van der Waals surface area contributed by atoms with Gasteiger partial charge >= 0.3 is 0 Å². The number of para-hydroxylation sites is 1. The zero-order valence-electron chi connectivity index (χ0n) is 16.5. The fourth-order valence-electron chi connectivity index (χ4n) is 3.95. The summed E-state index contributed by atoms with van der Waals surface area (Å²) < 4.78 is 5.40. The van der Waals surface area contributed by atoms with Crippen molar-refractivity contribution < 1.29 is 4.52 Å². The molecule has 1 saturated carbocycles. The average Bonchev–Trinajstić information content (AvgIpc) is 3.23. The van der Waals surface area contributed by atoms with Crippen LogP contribution in [0.15, 0.2) is 59.1 Å². The molecule has 1 aliphatic carbocycles. The van der Waals surface area contributed by atoms with Crippen LogP contribution < -0.4 is 5.32 Å². The van der Waals surface area contributed by atoms with E-state index in [-0.39, 0.29) is 0 Å². The first-order chi connectivity index (χ1) is 13.8. The third kappa shape index (κ3) is 4.60. The molecule has 0 aliphatic heterocycles. The highest BCUT2D eigenvalue weighted by Crippen LogP contribution is 2.25. The lowest BCUT2D eigenvalue weighted by molar-refractivity contribution is 0.185. The van der Waals surface area contributed by atoms with Crippen molar-refractivity contribution >= 4 is 5.69 Å². The quantitative estimate of drug-likeness (QED) is 0.621. The van der Waals surface area contributed by atoms with Crippen molar-refractivity contribution in [1.82, 2.24) is 15.0 Å². The molecule has 0 spiro atoms. The highest BCUT2D eigenvalue weighted by Gasteiger charge is 2.19. The van der Waals surface area contributed by atoms with Crippen molar-refractivity contribution in [3.8, 4) is 11.5 Å². The molecule has 3 aromatic rings. The Bertz CT molecular complexity index is 871. The van der Waals surface area contributed by atoms with Crippen molar-refractivity contribution in [1.29, 1.82) is 0 Å². The Morgan fingerprint density at radius 2 is 1.75 bits per heavy atom. The molecule has 1 aromatic heterocycles. The van der Waals surface area contributed by atoms with Gasteiger partial charge in [-0.3, -0.25) is 4.90 Å². The second-order valence-electron chi connectivity index (χ2n) is 7.60. The molecule has 1 fully saturated rings. The molecular formula is C23H28N4O. The predicted molar refractivity (Wildman–Crippen MR) is 112 cm³/mol. The van der Waals surface area contributed by atoms with Crippen molar-refractivity contribution in [3.05, 3.63) is 66.0 Å². The molecule has 1 heterocycles. The summed E-state index contributed by atoms with van der Waals surface area (Å²) >= 11 is 0. The SMILES string of the molecule is CN(Cc1ccccc1NCc1noc(-c2ccccc2)n1)C1CCCCC1. The van der Waals surface area contributed by atoms with Crippen LogP contribution in [0.25, 0.3) is 11.5 Å². The van der Waals surface area contributed by atoms with Gasteiger partial charge in [0.25, 0.3) is 5.89 Å². The van der Waals surface area contributed by atoms with Crippen LogP contribution >= 0.6 is 0 Å². The largest absolute Gasteiger partial charge is 0.377 e. The van der Waals surface area contributed by atoms with Crippen molar-refractivity contribution in [2.75, 3.05) is 12.4 Å². The van der Waals surface area contributed by atoms with Crippen LogP contribution in [0.4, 0.5) is 5.69 Å². The first kappa shape index (κ1) is 18.7. The zero-order chi connectivity index (χ0) is 19.2. The maximum absolute atomic E-state index is 5.40. The van der Waals surface area contributed by atoms with Gasteiger partial charge < -0.3 is 9.84 Å². The standard InChI is InChI=1S/C23H28N4O/c1-27(20-13-6-3-7-14-20)17-19-12-8-9-15-21(19)24-16-22-25-23(28-26-22)18-10-4-2-5-11-18/h2,4-5,8-12,15,20,24H,3,6-7,13-14,16-17H2,1H3. The number of hydrogen-bond acceptors (Lipinski definition) is 5. The monoisotopic (exact) mass is 376 g/mol. The Kier molecular flexibility index (Phi) is 6.02. The van der Waals surface area contributed by atoms with Gasteiger partial charge in [0.2, 0.25) is 0 Å². The summed E-state index contributed by atoms with van der Waals surface area (Å²) in [6.07, 6.45) is 6.74. The van der Waals surface area contributed by atoms with Crippen LogP contribution in [0.5, 0.6) is 0 Å². The van der Waals surface area contributed by atoms with Gasteiger partial charge in [0, 0.05) is 23.8 Å². The highest BCUT2D eigenvalue weighted by molar-refractivity contribution is 5.53. The summed E-state index contributed by atoms with van der Waals surface area (Å²) in [6.45, 7) is 1.50. The summed E-state index contributed by atoms with van der Waals surface area (Å²) in [4.78, 5) is 7.01. The topological polar surface area (TPSA) is 54.2 Å². The van der Waals surface area contributed by atoms with Crippen molar-refractivity contribution in [2.45, 2.75) is 51.2 Å². The predicted octanol–water partition coefficient (Wildman–Crippen LogP) is 5.11. The van der Waals surface area contributed by atoms with Gasteiger partial charge in [0.15, 0.2) is 5.82 Å². The molecule has 5 heteroatoms. The molecule has 4 rings (SSSR count). The van der Waals surface area contributed by atoms with E-state index in [1.165, 1.54) is 37.7 Å².